The molecule has 0 aliphatic carbocycles. The molecule has 0 aromatic heterocycles. The van der Waals surface area contributed by atoms with Crippen LogP contribution in [-0.4, -0.2) is 25.0 Å². The Labute approximate surface area is 78.6 Å². The quantitative estimate of drug-likeness (QED) is 0.475. The van der Waals surface area contributed by atoms with Gasteiger partial charge in [-0.1, -0.05) is 19.8 Å². The second kappa shape index (κ2) is 7.58. The molecule has 1 amide bonds. The predicted molar refractivity (Wildman–Crippen MR) is 49.1 cm³/mol. The maximum atomic E-state index is 10.9. The monoisotopic (exact) mass is 187 g/mol. The summed E-state index contributed by atoms with van der Waals surface area (Å²) in [6.07, 6.45) is 3.45. The van der Waals surface area contributed by atoms with E-state index in [4.69, 9.17) is 4.74 Å². The topological polar surface area (TPSA) is 55.4 Å². The second-order valence-electron chi connectivity index (χ2n) is 2.94. The number of hydrogen-bond acceptors (Lipinski definition) is 3. The molecule has 0 aromatic carbocycles. The summed E-state index contributed by atoms with van der Waals surface area (Å²) in [5.41, 5.74) is 0. The molecule has 13 heavy (non-hydrogen) atoms. The first-order valence-corrected chi connectivity index (χ1v) is 4.57. The van der Waals surface area contributed by atoms with E-state index in [1.165, 1.54) is 0 Å². The Bertz CT molecular complexity index is 159. The summed E-state index contributed by atoms with van der Waals surface area (Å²) in [5.74, 6) is -0.379. The smallest absolute Gasteiger partial charge is 0.325 e. The minimum absolute atomic E-state index is 0.0417. The lowest BCUT2D eigenvalue weighted by Crippen LogP contribution is -2.26. The molecule has 0 rings (SSSR count). The number of rotatable bonds is 7. The Hall–Kier alpha value is -1.06. The summed E-state index contributed by atoms with van der Waals surface area (Å²) >= 11 is 0. The van der Waals surface area contributed by atoms with Gasteiger partial charge in [-0.3, -0.25) is 9.59 Å². The van der Waals surface area contributed by atoms with Crippen LogP contribution in [0.2, 0.25) is 0 Å². The third-order valence-electron chi connectivity index (χ3n) is 1.63. The molecule has 0 bridgehead atoms. The van der Waals surface area contributed by atoms with Gasteiger partial charge in [-0.15, -0.1) is 0 Å². The SMILES string of the molecule is CCCCC(C)OC(=O)CNC=O. The highest BCUT2D eigenvalue weighted by atomic mass is 16.5. The Morgan fingerprint density at radius 3 is 2.85 bits per heavy atom. The molecule has 76 valence electrons. The molecule has 0 fully saturated rings. The lowest BCUT2D eigenvalue weighted by Gasteiger charge is -2.11. The van der Waals surface area contributed by atoms with Crippen molar-refractivity contribution in [3.05, 3.63) is 0 Å². The minimum atomic E-state index is -0.379. The Kier molecular flexibility index (Phi) is 6.96. The van der Waals surface area contributed by atoms with Crippen LogP contribution in [0.25, 0.3) is 0 Å². The van der Waals surface area contributed by atoms with Crippen LogP contribution in [0.4, 0.5) is 0 Å². The molecule has 0 aromatic rings. The van der Waals surface area contributed by atoms with E-state index < -0.39 is 0 Å². The molecule has 4 heteroatoms. The van der Waals surface area contributed by atoms with Gasteiger partial charge in [0.15, 0.2) is 0 Å². The van der Waals surface area contributed by atoms with Crippen molar-refractivity contribution >= 4 is 12.4 Å². The first-order valence-electron chi connectivity index (χ1n) is 4.57. The van der Waals surface area contributed by atoms with Crippen molar-refractivity contribution < 1.29 is 14.3 Å². The Balaban J connectivity index is 3.46. The van der Waals surface area contributed by atoms with Crippen LogP contribution in [0.3, 0.4) is 0 Å². The standard InChI is InChI=1S/C9H17NO3/c1-3-4-5-8(2)13-9(12)6-10-7-11/h7-8H,3-6H2,1-2H3,(H,10,11). The fourth-order valence-electron chi connectivity index (χ4n) is 0.942. The van der Waals surface area contributed by atoms with Gasteiger partial charge in [0.1, 0.15) is 6.54 Å². The van der Waals surface area contributed by atoms with Crippen LogP contribution in [0, 0.1) is 0 Å². The Morgan fingerprint density at radius 2 is 2.31 bits per heavy atom. The fourth-order valence-corrected chi connectivity index (χ4v) is 0.942. The molecule has 4 nitrogen and oxygen atoms in total. The van der Waals surface area contributed by atoms with E-state index in [0.717, 1.165) is 19.3 Å². The third kappa shape index (κ3) is 7.31. The van der Waals surface area contributed by atoms with E-state index in [0.29, 0.717) is 6.41 Å². The van der Waals surface area contributed by atoms with Crippen molar-refractivity contribution in [1.82, 2.24) is 5.32 Å². The maximum Gasteiger partial charge on any atom is 0.325 e. The molecule has 0 saturated carbocycles. The molecule has 0 radical (unpaired) electrons. The van der Waals surface area contributed by atoms with Crippen molar-refractivity contribution in [2.75, 3.05) is 6.54 Å². The number of ether oxygens (including phenoxy) is 1. The number of nitrogens with one attached hydrogen (secondary N) is 1. The van der Waals surface area contributed by atoms with E-state index in [1.54, 1.807) is 0 Å². The van der Waals surface area contributed by atoms with Gasteiger partial charge in [0.25, 0.3) is 0 Å². The van der Waals surface area contributed by atoms with Crippen LogP contribution >= 0.6 is 0 Å². The Morgan fingerprint density at radius 1 is 1.62 bits per heavy atom. The molecular formula is C9H17NO3. The highest BCUT2D eigenvalue weighted by Crippen LogP contribution is 2.03. The average molecular weight is 187 g/mol. The van der Waals surface area contributed by atoms with Gasteiger partial charge in [0.2, 0.25) is 6.41 Å². The van der Waals surface area contributed by atoms with E-state index in [9.17, 15) is 9.59 Å². The minimum Gasteiger partial charge on any atom is -0.461 e. The van der Waals surface area contributed by atoms with Gasteiger partial charge >= 0.3 is 5.97 Å². The number of unbranched alkanes of at least 4 members (excludes halogenated alkanes) is 1. The van der Waals surface area contributed by atoms with Crippen LogP contribution in [0.15, 0.2) is 0 Å². The third-order valence-corrected chi connectivity index (χ3v) is 1.63. The summed E-state index contributed by atoms with van der Waals surface area (Å²) in [4.78, 5) is 20.8. The molecule has 0 aliphatic heterocycles. The van der Waals surface area contributed by atoms with Crippen LogP contribution < -0.4 is 5.32 Å². The summed E-state index contributed by atoms with van der Waals surface area (Å²) in [7, 11) is 0. The zero-order chi connectivity index (χ0) is 10.1. The number of carbonyl (C=O) groups excluding carboxylic acids is 2. The van der Waals surface area contributed by atoms with Gasteiger partial charge in [-0.05, 0) is 13.3 Å². The molecule has 0 aliphatic rings. The zero-order valence-electron chi connectivity index (χ0n) is 8.21. The molecular weight excluding hydrogens is 170 g/mol. The van der Waals surface area contributed by atoms with Crippen LogP contribution in [0.1, 0.15) is 33.1 Å². The number of hydrogen-bond donors (Lipinski definition) is 1. The first kappa shape index (κ1) is 11.9. The van der Waals surface area contributed by atoms with Crippen molar-refractivity contribution in [3.63, 3.8) is 0 Å². The zero-order valence-corrected chi connectivity index (χ0v) is 8.21. The van der Waals surface area contributed by atoms with E-state index >= 15 is 0 Å². The van der Waals surface area contributed by atoms with Crippen LogP contribution in [-0.2, 0) is 14.3 Å². The molecule has 0 spiro atoms. The van der Waals surface area contributed by atoms with Crippen molar-refractivity contribution in [2.24, 2.45) is 0 Å². The number of carbonyl (C=O) groups is 2. The highest BCUT2D eigenvalue weighted by Gasteiger charge is 2.07. The van der Waals surface area contributed by atoms with Crippen molar-refractivity contribution in [3.8, 4) is 0 Å². The van der Waals surface area contributed by atoms with Gasteiger partial charge in [0, 0.05) is 0 Å². The number of amides is 1. The maximum absolute atomic E-state index is 10.9. The van der Waals surface area contributed by atoms with Crippen LogP contribution in [0.5, 0.6) is 0 Å². The normalized spacial score (nSPS) is 11.8. The first-order chi connectivity index (χ1) is 6.20. The van der Waals surface area contributed by atoms with E-state index in [1.807, 2.05) is 6.92 Å². The lowest BCUT2D eigenvalue weighted by molar-refractivity contribution is -0.147. The van der Waals surface area contributed by atoms with Gasteiger partial charge in [0.05, 0.1) is 6.10 Å². The second-order valence-corrected chi connectivity index (χ2v) is 2.94. The van der Waals surface area contributed by atoms with Gasteiger partial charge in [-0.2, -0.15) is 0 Å². The molecule has 0 saturated heterocycles. The molecule has 0 heterocycles. The highest BCUT2D eigenvalue weighted by molar-refractivity contribution is 5.74. The van der Waals surface area contributed by atoms with E-state index in [-0.39, 0.29) is 18.6 Å². The average Bonchev–Trinajstić information content (AvgIpc) is 2.11. The lowest BCUT2D eigenvalue weighted by atomic mass is 10.2. The molecule has 1 unspecified atom stereocenters. The van der Waals surface area contributed by atoms with E-state index in [2.05, 4.69) is 12.2 Å². The largest absolute Gasteiger partial charge is 0.461 e. The summed E-state index contributed by atoms with van der Waals surface area (Å²) in [6.45, 7) is 3.90. The summed E-state index contributed by atoms with van der Waals surface area (Å²) < 4.78 is 4.99. The van der Waals surface area contributed by atoms with Gasteiger partial charge < -0.3 is 10.1 Å². The summed E-state index contributed by atoms with van der Waals surface area (Å²) in [6, 6.07) is 0. The molecule has 1 atom stereocenters. The molecule has 1 N–H and O–H groups in total. The van der Waals surface area contributed by atoms with Gasteiger partial charge in [-0.25, -0.2) is 0 Å². The van der Waals surface area contributed by atoms with Crippen molar-refractivity contribution in [2.45, 2.75) is 39.2 Å². The summed E-state index contributed by atoms with van der Waals surface area (Å²) in [5, 5.41) is 2.25. The van der Waals surface area contributed by atoms with Crippen molar-refractivity contribution in [1.29, 1.82) is 0 Å². The number of esters is 1. The fraction of sp³-hybridized carbons (Fsp3) is 0.778. The predicted octanol–water partition coefficient (Wildman–Crippen LogP) is 0.854.